The number of halogens is 6. The summed E-state index contributed by atoms with van der Waals surface area (Å²) >= 11 is 0. The predicted octanol–water partition coefficient (Wildman–Crippen LogP) is 5.20. The Bertz CT molecular complexity index is 755. The summed E-state index contributed by atoms with van der Waals surface area (Å²) in [6.07, 6.45) is -14.7. The summed E-state index contributed by atoms with van der Waals surface area (Å²) in [5, 5.41) is 2.33. The fourth-order valence-corrected chi connectivity index (χ4v) is 2.33. The molecule has 0 atom stereocenters. The van der Waals surface area contributed by atoms with Gasteiger partial charge >= 0.3 is 18.4 Å². The molecule has 2 aromatic carbocycles. The van der Waals surface area contributed by atoms with Gasteiger partial charge in [-0.2, -0.15) is 26.3 Å². The van der Waals surface area contributed by atoms with Crippen molar-refractivity contribution in [1.29, 1.82) is 0 Å². The van der Waals surface area contributed by atoms with Crippen molar-refractivity contribution in [2.24, 2.45) is 0 Å². The molecule has 25 heavy (non-hydrogen) atoms. The summed E-state index contributed by atoms with van der Waals surface area (Å²) in [7, 11) is 0. The Kier molecular flexibility index (Phi) is 4.87. The summed E-state index contributed by atoms with van der Waals surface area (Å²) in [5.41, 5.74) is -4.38. The van der Waals surface area contributed by atoms with E-state index in [4.69, 9.17) is 0 Å². The number of carbonyl (C=O) groups excluding carboxylic acids is 1. The van der Waals surface area contributed by atoms with Gasteiger partial charge in [-0.25, -0.2) is 4.79 Å². The van der Waals surface area contributed by atoms with E-state index in [0.717, 1.165) is 10.7 Å². The van der Waals surface area contributed by atoms with E-state index in [0.29, 0.717) is 12.3 Å². The van der Waals surface area contributed by atoms with Gasteiger partial charge in [0.2, 0.25) is 5.54 Å². The van der Waals surface area contributed by atoms with Crippen LogP contribution in [0.1, 0.15) is 13.3 Å². The van der Waals surface area contributed by atoms with Gasteiger partial charge in [0.1, 0.15) is 5.75 Å². The van der Waals surface area contributed by atoms with E-state index < -0.39 is 30.4 Å². The number of rotatable bonds is 3. The third-order valence-corrected chi connectivity index (χ3v) is 3.75. The number of nitrogens with one attached hydrogen (secondary N) is 1. The van der Waals surface area contributed by atoms with E-state index in [2.05, 4.69) is 4.74 Å². The number of carbonyl (C=O) groups is 1. The molecule has 0 spiro atoms. The van der Waals surface area contributed by atoms with E-state index in [9.17, 15) is 31.1 Å². The number of hydrogen-bond acceptors (Lipinski definition) is 2. The largest absolute Gasteiger partial charge is 0.420 e. The first kappa shape index (κ1) is 18.9. The van der Waals surface area contributed by atoms with Crippen LogP contribution >= 0.6 is 0 Å². The van der Waals surface area contributed by atoms with Crippen LogP contribution in [0.4, 0.5) is 31.1 Å². The second kappa shape index (κ2) is 6.45. The van der Waals surface area contributed by atoms with Gasteiger partial charge in [0.25, 0.3) is 0 Å². The first-order valence-electron chi connectivity index (χ1n) is 7.12. The molecule has 9 heteroatoms. The summed E-state index contributed by atoms with van der Waals surface area (Å²) < 4.78 is 82.6. The van der Waals surface area contributed by atoms with Crippen LogP contribution in [-0.2, 0) is 0 Å². The molecule has 0 saturated heterocycles. The molecule has 0 fully saturated rings. The van der Waals surface area contributed by atoms with Gasteiger partial charge in [0.15, 0.2) is 0 Å². The Morgan fingerprint density at radius 1 is 0.960 bits per heavy atom. The predicted molar refractivity (Wildman–Crippen MR) is 78.2 cm³/mol. The van der Waals surface area contributed by atoms with Crippen LogP contribution in [0.25, 0.3) is 10.8 Å². The average molecular weight is 365 g/mol. The van der Waals surface area contributed by atoms with Crippen molar-refractivity contribution in [3.63, 3.8) is 0 Å². The van der Waals surface area contributed by atoms with E-state index >= 15 is 0 Å². The van der Waals surface area contributed by atoms with Crippen LogP contribution in [0.5, 0.6) is 5.75 Å². The number of hydrogen-bond donors (Lipinski definition) is 1. The maximum Gasteiger partial charge on any atom is 0.420 e. The molecular formula is C16H13F6NO2. The lowest BCUT2D eigenvalue weighted by Gasteiger charge is -2.36. The molecule has 0 saturated carbocycles. The lowest BCUT2D eigenvalue weighted by molar-refractivity contribution is -0.305. The van der Waals surface area contributed by atoms with Gasteiger partial charge in [-0.1, -0.05) is 37.3 Å². The standard InChI is InChI=1S/C16H13F6NO2/c1-2-14(15(17,18)19,16(20,21)22)23-13(24)25-12-8-7-10-5-3-4-6-11(10)9-12/h3-9H,2H2,1H3,(H,23,24). The molecule has 1 amide bonds. The van der Waals surface area contributed by atoms with E-state index in [-0.39, 0.29) is 5.75 Å². The van der Waals surface area contributed by atoms with Gasteiger partial charge in [-0.15, -0.1) is 0 Å². The molecule has 0 bridgehead atoms. The van der Waals surface area contributed by atoms with Crippen LogP contribution in [0.15, 0.2) is 42.5 Å². The van der Waals surface area contributed by atoms with Crippen molar-refractivity contribution in [2.75, 3.05) is 0 Å². The molecular weight excluding hydrogens is 352 g/mol. The number of ether oxygens (including phenoxy) is 1. The zero-order valence-electron chi connectivity index (χ0n) is 12.8. The summed E-state index contributed by atoms with van der Waals surface area (Å²) in [6, 6.07) is 11.0. The summed E-state index contributed by atoms with van der Waals surface area (Å²) in [5.74, 6) is -0.175. The molecule has 0 aromatic heterocycles. The Balaban J connectivity index is 2.26. The molecule has 0 aliphatic rings. The molecule has 3 nitrogen and oxygen atoms in total. The second-order valence-corrected chi connectivity index (χ2v) is 5.28. The molecule has 0 unspecified atom stereocenters. The molecule has 2 aromatic rings. The first-order chi connectivity index (χ1) is 11.5. The van der Waals surface area contributed by atoms with Crippen molar-refractivity contribution in [2.45, 2.75) is 31.2 Å². The highest BCUT2D eigenvalue weighted by Crippen LogP contribution is 2.45. The second-order valence-electron chi connectivity index (χ2n) is 5.28. The molecule has 1 N–H and O–H groups in total. The minimum absolute atomic E-state index is 0.175. The number of fused-ring (bicyclic) bond motifs is 1. The lowest BCUT2D eigenvalue weighted by Crippen LogP contribution is -2.67. The minimum Gasteiger partial charge on any atom is -0.410 e. The van der Waals surface area contributed by atoms with Crippen molar-refractivity contribution in [3.05, 3.63) is 42.5 Å². The van der Waals surface area contributed by atoms with E-state index in [1.165, 1.54) is 18.2 Å². The van der Waals surface area contributed by atoms with Crippen LogP contribution in [0.2, 0.25) is 0 Å². The van der Waals surface area contributed by atoms with Gasteiger partial charge in [-0.05, 0) is 29.3 Å². The lowest BCUT2D eigenvalue weighted by atomic mass is 9.94. The highest BCUT2D eigenvalue weighted by Gasteiger charge is 2.70. The maximum absolute atomic E-state index is 13.0. The molecule has 0 radical (unpaired) electrons. The molecule has 0 heterocycles. The minimum atomic E-state index is -5.73. The van der Waals surface area contributed by atoms with Gasteiger partial charge in [0, 0.05) is 0 Å². The van der Waals surface area contributed by atoms with Gasteiger partial charge < -0.3 is 4.74 Å². The zero-order valence-corrected chi connectivity index (χ0v) is 12.8. The molecule has 136 valence electrons. The van der Waals surface area contributed by atoms with Crippen molar-refractivity contribution in [1.82, 2.24) is 5.32 Å². The van der Waals surface area contributed by atoms with Gasteiger partial charge in [0.05, 0.1) is 0 Å². The topological polar surface area (TPSA) is 38.3 Å². The van der Waals surface area contributed by atoms with Gasteiger partial charge in [-0.3, -0.25) is 5.32 Å². The quantitative estimate of drug-likeness (QED) is 0.759. The summed E-state index contributed by atoms with van der Waals surface area (Å²) in [6.45, 7) is 0.678. The highest BCUT2D eigenvalue weighted by atomic mass is 19.4. The third kappa shape index (κ3) is 3.64. The number of alkyl halides is 6. The fourth-order valence-electron chi connectivity index (χ4n) is 2.33. The Labute approximate surface area is 138 Å². The normalized spacial score (nSPS) is 12.9. The van der Waals surface area contributed by atoms with Crippen molar-refractivity contribution >= 4 is 16.9 Å². The van der Waals surface area contributed by atoms with Crippen LogP contribution < -0.4 is 10.1 Å². The third-order valence-electron chi connectivity index (χ3n) is 3.75. The highest BCUT2D eigenvalue weighted by molar-refractivity contribution is 5.84. The number of benzene rings is 2. The van der Waals surface area contributed by atoms with Crippen molar-refractivity contribution < 1.29 is 35.9 Å². The Morgan fingerprint density at radius 3 is 2.04 bits per heavy atom. The fraction of sp³-hybridized carbons (Fsp3) is 0.312. The first-order valence-corrected chi connectivity index (χ1v) is 7.12. The average Bonchev–Trinajstić information content (AvgIpc) is 2.50. The zero-order chi connectivity index (χ0) is 18.9. The Hall–Kier alpha value is -2.45. The van der Waals surface area contributed by atoms with Crippen LogP contribution in [-0.4, -0.2) is 24.0 Å². The molecule has 2 rings (SSSR count). The number of amides is 1. The maximum atomic E-state index is 13.0. The molecule has 0 aliphatic carbocycles. The summed E-state index contributed by atoms with van der Waals surface area (Å²) in [4.78, 5) is 11.7. The van der Waals surface area contributed by atoms with Crippen LogP contribution in [0.3, 0.4) is 0 Å². The van der Waals surface area contributed by atoms with E-state index in [1.807, 2.05) is 0 Å². The monoisotopic (exact) mass is 365 g/mol. The smallest absolute Gasteiger partial charge is 0.410 e. The van der Waals surface area contributed by atoms with Crippen LogP contribution in [0, 0.1) is 0 Å². The molecule has 0 aliphatic heterocycles. The SMILES string of the molecule is CCC(NC(=O)Oc1ccc2ccccc2c1)(C(F)(F)F)C(F)(F)F. The van der Waals surface area contributed by atoms with Crippen molar-refractivity contribution in [3.8, 4) is 5.75 Å². The Morgan fingerprint density at radius 2 is 1.52 bits per heavy atom. The van der Waals surface area contributed by atoms with E-state index in [1.54, 1.807) is 24.3 Å².